The van der Waals surface area contributed by atoms with Gasteiger partial charge in [-0.2, -0.15) is 5.10 Å². The fourth-order valence-corrected chi connectivity index (χ4v) is 2.80. The molecular weight excluding hydrogens is 436 g/mol. The van der Waals surface area contributed by atoms with Gasteiger partial charge in [0.1, 0.15) is 5.75 Å². The molecule has 7 nitrogen and oxygen atoms in total. The van der Waals surface area contributed by atoms with Crippen molar-refractivity contribution in [3.05, 3.63) is 81.5 Å². The number of nitrogens with zero attached hydrogens (tertiary/aromatic N) is 3. The Morgan fingerprint density at radius 1 is 1.22 bits per heavy atom. The lowest BCUT2D eigenvalue weighted by atomic mass is 10.2. The highest BCUT2D eigenvalue weighted by molar-refractivity contribution is 9.10. The lowest BCUT2D eigenvalue weighted by molar-refractivity contribution is 0.0507. The van der Waals surface area contributed by atoms with Crippen molar-refractivity contribution in [3.63, 3.8) is 0 Å². The van der Waals surface area contributed by atoms with Gasteiger partial charge in [-0.1, -0.05) is 63.0 Å². The second-order valence-corrected chi connectivity index (χ2v) is 6.63. The van der Waals surface area contributed by atoms with Gasteiger partial charge in [0.05, 0.1) is 5.02 Å². The third-order valence-electron chi connectivity index (χ3n) is 3.39. The summed E-state index contributed by atoms with van der Waals surface area (Å²) in [6.07, 6.45) is 1.58. The van der Waals surface area contributed by atoms with E-state index in [0.717, 1.165) is 4.47 Å². The van der Waals surface area contributed by atoms with Crippen LogP contribution in [0.2, 0.25) is 5.02 Å². The van der Waals surface area contributed by atoms with Gasteiger partial charge in [0.2, 0.25) is 0 Å². The fraction of sp³-hybridized carbons (Fsp3) is 0.0556. The number of ether oxygens (including phenoxy) is 1. The molecule has 1 aromatic heterocycles. The summed E-state index contributed by atoms with van der Waals surface area (Å²) < 4.78 is 7.85. The van der Waals surface area contributed by atoms with E-state index in [-0.39, 0.29) is 18.3 Å². The fourth-order valence-electron chi connectivity index (χ4n) is 2.07. The second kappa shape index (κ2) is 8.70. The average Bonchev–Trinajstić information content (AvgIpc) is 3.15. The first-order valence-electron chi connectivity index (χ1n) is 7.74. The van der Waals surface area contributed by atoms with Crippen LogP contribution in [0.1, 0.15) is 16.1 Å². The molecule has 27 heavy (non-hydrogen) atoms. The van der Waals surface area contributed by atoms with E-state index in [9.17, 15) is 4.79 Å². The minimum absolute atomic E-state index is 0.0735. The molecule has 0 fully saturated rings. The first kappa shape index (κ1) is 18.9. The highest BCUT2D eigenvalue weighted by Gasteiger charge is 2.12. The Morgan fingerprint density at radius 2 is 2.00 bits per heavy atom. The van der Waals surface area contributed by atoms with E-state index in [0.29, 0.717) is 16.3 Å². The summed E-state index contributed by atoms with van der Waals surface area (Å²) in [6, 6.07) is 15.7. The van der Waals surface area contributed by atoms with Gasteiger partial charge in [0, 0.05) is 16.2 Å². The maximum absolute atomic E-state index is 12.0. The summed E-state index contributed by atoms with van der Waals surface area (Å²) in [5.74, 6) is -0.134. The maximum atomic E-state index is 12.0. The molecule has 0 atom stereocenters. The molecule has 9 heteroatoms. The predicted molar refractivity (Wildman–Crippen MR) is 105 cm³/mol. The summed E-state index contributed by atoms with van der Waals surface area (Å²) in [5, 5.41) is 8.17. The third kappa shape index (κ3) is 5.08. The summed E-state index contributed by atoms with van der Waals surface area (Å²) in [6.45, 7) is 0.0735. The van der Waals surface area contributed by atoms with Gasteiger partial charge in [0.15, 0.2) is 18.3 Å². The SMILES string of the molecule is N/C(=N\OC(=O)c1ccn(COc2ccc(Br)cc2Cl)n1)c1ccccc1. The molecule has 3 aromatic rings. The molecule has 0 spiro atoms. The molecule has 2 aromatic carbocycles. The van der Waals surface area contributed by atoms with Crippen LogP contribution in [-0.2, 0) is 11.6 Å². The number of oxime groups is 1. The molecule has 0 amide bonds. The Kier molecular flexibility index (Phi) is 6.10. The number of hydrogen-bond acceptors (Lipinski definition) is 5. The zero-order chi connectivity index (χ0) is 19.2. The topological polar surface area (TPSA) is 91.7 Å². The normalized spacial score (nSPS) is 11.3. The molecule has 0 unspecified atom stereocenters. The van der Waals surface area contributed by atoms with Gasteiger partial charge in [0.25, 0.3) is 0 Å². The number of carbonyl (C=O) groups is 1. The Balaban J connectivity index is 1.59. The van der Waals surface area contributed by atoms with Gasteiger partial charge in [-0.3, -0.25) is 0 Å². The smallest absolute Gasteiger partial charge is 0.385 e. The molecule has 0 radical (unpaired) electrons. The maximum Gasteiger partial charge on any atom is 0.385 e. The average molecular weight is 450 g/mol. The number of hydrogen-bond donors (Lipinski definition) is 1. The quantitative estimate of drug-likeness (QED) is 0.267. The van der Waals surface area contributed by atoms with E-state index in [4.69, 9.17) is 26.9 Å². The van der Waals surface area contributed by atoms with Gasteiger partial charge in [-0.05, 0) is 24.3 Å². The van der Waals surface area contributed by atoms with E-state index >= 15 is 0 Å². The highest BCUT2D eigenvalue weighted by Crippen LogP contribution is 2.27. The van der Waals surface area contributed by atoms with Crippen LogP contribution in [0.5, 0.6) is 5.75 Å². The number of nitrogens with two attached hydrogens (primary N) is 1. The van der Waals surface area contributed by atoms with Crippen molar-refractivity contribution in [1.29, 1.82) is 0 Å². The van der Waals surface area contributed by atoms with Crippen LogP contribution in [0.4, 0.5) is 0 Å². The number of amidine groups is 1. The van der Waals surface area contributed by atoms with Crippen LogP contribution in [0.25, 0.3) is 0 Å². The zero-order valence-corrected chi connectivity index (χ0v) is 16.2. The van der Waals surface area contributed by atoms with Crippen molar-refractivity contribution in [2.24, 2.45) is 10.9 Å². The van der Waals surface area contributed by atoms with E-state index in [1.54, 1.807) is 42.6 Å². The van der Waals surface area contributed by atoms with Crippen LogP contribution in [0.15, 0.2) is 70.4 Å². The number of halogens is 2. The molecule has 0 aliphatic rings. The van der Waals surface area contributed by atoms with E-state index in [1.165, 1.54) is 10.7 Å². The first-order valence-corrected chi connectivity index (χ1v) is 8.91. The van der Waals surface area contributed by atoms with E-state index < -0.39 is 5.97 Å². The van der Waals surface area contributed by atoms with E-state index in [1.807, 2.05) is 12.1 Å². The molecule has 0 aliphatic heterocycles. The van der Waals surface area contributed by atoms with Gasteiger partial charge >= 0.3 is 5.97 Å². The summed E-state index contributed by atoms with van der Waals surface area (Å²) in [5.41, 5.74) is 6.50. The molecule has 3 rings (SSSR count). The number of benzene rings is 2. The van der Waals surface area contributed by atoms with Crippen molar-refractivity contribution in [3.8, 4) is 5.75 Å². The Labute approximate surface area is 168 Å². The van der Waals surface area contributed by atoms with Crippen molar-refractivity contribution in [2.75, 3.05) is 0 Å². The second-order valence-electron chi connectivity index (χ2n) is 5.31. The summed E-state index contributed by atoms with van der Waals surface area (Å²) >= 11 is 9.41. The van der Waals surface area contributed by atoms with Crippen molar-refractivity contribution < 1.29 is 14.4 Å². The van der Waals surface area contributed by atoms with Gasteiger partial charge < -0.3 is 15.3 Å². The van der Waals surface area contributed by atoms with Crippen molar-refractivity contribution in [2.45, 2.75) is 6.73 Å². The molecule has 0 aliphatic carbocycles. The largest absolute Gasteiger partial charge is 0.470 e. The molecule has 2 N–H and O–H groups in total. The minimum atomic E-state index is -0.727. The highest BCUT2D eigenvalue weighted by atomic mass is 79.9. The number of aromatic nitrogens is 2. The third-order valence-corrected chi connectivity index (χ3v) is 4.18. The molecule has 1 heterocycles. The standard InChI is InChI=1S/C18H14BrClN4O3/c19-13-6-7-16(14(20)10-13)26-11-24-9-8-15(22-24)18(25)27-23-17(21)12-4-2-1-3-5-12/h1-10H,11H2,(H2,21,23). The summed E-state index contributed by atoms with van der Waals surface area (Å²) in [7, 11) is 0. The summed E-state index contributed by atoms with van der Waals surface area (Å²) in [4.78, 5) is 16.9. The number of carbonyl (C=O) groups excluding carboxylic acids is 1. The number of rotatable bonds is 6. The van der Waals surface area contributed by atoms with E-state index in [2.05, 4.69) is 26.2 Å². The van der Waals surface area contributed by atoms with Crippen LogP contribution in [0, 0.1) is 0 Å². The van der Waals surface area contributed by atoms with Crippen LogP contribution in [-0.4, -0.2) is 21.6 Å². The Hall–Kier alpha value is -2.84. The molecule has 0 saturated heterocycles. The van der Waals surface area contributed by atoms with Gasteiger partial charge in [-0.25, -0.2) is 9.48 Å². The van der Waals surface area contributed by atoms with Crippen LogP contribution < -0.4 is 10.5 Å². The Bertz CT molecular complexity index is 976. The minimum Gasteiger partial charge on any atom is -0.470 e. The first-order chi connectivity index (χ1) is 13.0. The molecular formula is C18H14BrClN4O3. The lowest BCUT2D eigenvalue weighted by Gasteiger charge is -2.08. The monoisotopic (exact) mass is 448 g/mol. The van der Waals surface area contributed by atoms with Crippen LogP contribution >= 0.6 is 27.5 Å². The zero-order valence-electron chi connectivity index (χ0n) is 13.9. The van der Waals surface area contributed by atoms with Gasteiger partial charge in [-0.15, -0.1) is 0 Å². The van der Waals surface area contributed by atoms with Crippen molar-refractivity contribution in [1.82, 2.24) is 9.78 Å². The molecule has 0 saturated carbocycles. The predicted octanol–water partition coefficient (Wildman–Crippen LogP) is 3.81. The van der Waals surface area contributed by atoms with Crippen LogP contribution in [0.3, 0.4) is 0 Å². The molecule has 138 valence electrons. The molecule has 0 bridgehead atoms. The van der Waals surface area contributed by atoms with Crippen molar-refractivity contribution >= 4 is 39.3 Å². The lowest BCUT2D eigenvalue weighted by Crippen LogP contribution is -2.15. The Morgan fingerprint density at radius 3 is 2.74 bits per heavy atom.